The van der Waals surface area contributed by atoms with Crippen molar-refractivity contribution in [2.75, 3.05) is 40.4 Å². The quantitative estimate of drug-likeness (QED) is 0.733. The van der Waals surface area contributed by atoms with Crippen molar-refractivity contribution in [1.82, 2.24) is 10.2 Å². The Morgan fingerprint density at radius 2 is 2.31 bits per heavy atom. The molecule has 0 radical (unpaired) electrons. The number of hydrogen-bond donors (Lipinski definition) is 1. The van der Waals surface area contributed by atoms with Crippen LogP contribution < -0.4 is 5.32 Å². The minimum atomic E-state index is -0.156. The number of rotatable bonds is 6. The van der Waals surface area contributed by atoms with Gasteiger partial charge < -0.3 is 15.0 Å². The fourth-order valence-corrected chi connectivity index (χ4v) is 2.46. The second kappa shape index (κ2) is 6.21. The number of ether oxygens (including phenoxy) is 1. The van der Waals surface area contributed by atoms with Gasteiger partial charge in [0, 0.05) is 27.2 Å². The Kier molecular flexibility index (Phi) is 5.22. The number of carbonyl (C=O) groups excluding carboxylic acids is 1. The summed E-state index contributed by atoms with van der Waals surface area (Å²) in [6.45, 7) is 5.22. The number of hydrogen-bond acceptors (Lipinski definition) is 3. The molecule has 1 fully saturated rings. The highest BCUT2D eigenvalue weighted by atomic mass is 16.5. The van der Waals surface area contributed by atoms with E-state index < -0.39 is 0 Å². The number of amides is 1. The third-order valence-corrected chi connectivity index (χ3v) is 3.40. The summed E-state index contributed by atoms with van der Waals surface area (Å²) in [4.78, 5) is 14.2. The minimum Gasteiger partial charge on any atom is -0.383 e. The molecule has 1 saturated heterocycles. The van der Waals surface area contributed by atoms with Crippen LogP contribution in [0.15, 0.2) is 0 Å². The summed E-state index contributed by atoms with van der Waals surface area (Å²) >= 11 is 0. The fraction of sp³-hybridized carbons (Fsp3) is 0.917. The van der Waals surface area contributed by atoms with E-state index in [1.54, 1.807) is 7.11 Å². The van der Waals surface area contributed by atoms with E-state index in [-0.39, 0.29) is 11.3 Å². The molecule has 0 bridgehead atoms. The van der Waals surface area contributed by atoms with Crippen LogP contribution in [0, 0.1) is 5.41 Å². The normalized spacial score (nSPS) is 24.7. The Balaban J connectivity index is 2.60. The maximum absolute atomic E-state index is 12.4. The average molecular weight is 228 g/mol. The zero-order valence-corrected chi connectivity index (χ0v) is 10.7. The van der Waals surface area contributed by atoms with Crippen LogP contribution in [0.3, 0.4) is 0 Å². The van der Waals surface area contributed by atoms with E-state index in [1.807, 2.05) is 11.9 Å². The summed E-state index contributed by atoms with van der Waals surface area (Å²) < 4.78 is 5.01. The lowest BCUT2D eigenvalue weighted by atomic mass is 9.81. The van der Waals surface area contributed by atoms with Gasteiger partial charge in [0.2, 0.25) is 5.91 Å². The van der Waals surface area contributed by atoms with Gasteiger partial charge in [0.05, 0.1) is 12.0 Å². The summed E-state index contributed by atoms with van der Waals surface area (Å²) in [5, 5.41) is 3.31. The molecule has 1 atom stereocenters. The van der Waals surface area contributed by atoms with Crippen LogP contribution in [0.1, 0.15) is 26.2 Å². The first-order valence-electron chi connectivity index (χ1n) is 6.11. The van der Waals surface area contributed by atoms with Crippen LogP contribution in [-0.2, 0) is 9.53 Å². The van der Waals surface area contributed by atoms with Crippen molar-refractivity contribution >= 4 is 5.91 Å². The summed E-state index contributed by atoms with van der Waals surface area (Å²) in [5.74, 6) is 0.274. The largest absolute Gasteiger partial charge is 0.383 e. The summed E-state index contributed by atoms with van der Waals surface area (Å²) in [6, 6.07) is 0. The Hall–Kier alpha value is -0.610. The Morgan fingerprint density at radius 1 is 1.56 bits per heavy atom. The smallest absolute Gasteiger partial charge is 0.229 e. The van der Waals surface area contributed by atoms with Gasteiger partial charge in [0.15, 0.2) is 0 Å². The molecule has 16 heavy (non-hydrogen) atoms. The fourth-order valence-electron chi connectivity index (χ4n) is 2.46. The molecule has 0 spiro atoms. The lowest BCUT2D eigenvalue weighted by molar-refractivity contribution is -0.140. The van der Waals surface area contributed by atoms with Gasteiger partial charge in [-0.25, -0.2) is 0 Å². The van der Waals surface area contributed by atoms with Crippen molar-refractivity contribution in [3.8, 4) is 0 Å². The Labute approximate surface area is 98.3 Å². The predicted octanol–water partition coefficient (Wildman–Crippen LogP) is 0.871. The van der Waals surface area contributed by atoms with E-state index in [2.05, 4.69) is 12.2 Å². The summed E-state index contributed by atoms with van der Waals surface area (Å²) in [6.07, 6.45) is 3.01. The third-order valence-electron chi connectivity index (χ3n) is 3.40. The molecule has 0 aromatic heterocycles. The molecule has 0 aliphatic carbocycles. The molecule has 1 unspecified atom stereocenters. The molecule has 4 heteroatoms. The van der Waals surface area contributed by atoms with E-state index in [4.69, 9.17) is 4.74 Å². The van der Waals surface area contributed by atoms with E-state index in [0.29, 0.717) is 13.2 Å². The van der Waals surface area contributed by atoms with Gasteiger partial charge in [0.25, 0.3) is 0 Å². The van der Waals surface area contributed by atoms with Crippen LogP contribution in [-0.4, -0.2) is 51.2 Å². The second-order valence-electron chi connectivity index (χ2n) is 4.68. The first-order valence-corrected chi connectivity index (χ1v) is 6.11. The number of likely N-dealkylation sites (N-methyl/N-ethyl adjacent to an activating group) is 1. The lowest BCUT2D eigenvalue weighted by Gasteiger charge is -2.31. The zero-order chi connectivity index (χ0) is 12.0. The molecule has 4 nitrogen and oxygen atoms in total. The first-order chi connectivity index (χ1) is 7.66. The highest BCUT2D eigenvalue weighted by molar-refractivity contribution is 5.83. The summed E-state index contributed by atoms with van der Waals surface area (Å²) in [7, 11) is 3.54. The van der Waals surface area contributed by atoms with E-state index >= 15 is 0 Å². The van der Waals surface area contributed by atoms with Crippen molar-refractivity contribution in [3.05, 3.63) is 0 Å². The third kappa shape index (κ3) is 2.95. The van der Waals surface area contributed by atoms with Gasteiger partial charge >= 0.3 is 0 Å². The van der Waals surface area contributed by atoms with Crippen LogP contribution in [0.25, 0.3) is 0 Å². The van der Waals surface area contributed by atoms with E-state index in [0.717, 1.165) is 32.4 Å². The molecule has 0 saturated carbocycles. The molecule has 1 aliphatic heterocycles. The number of nitrogens with zero attached hydrogens (tertiary/aromatic N) is 1. The highest BCUT2D eigenvalue weighted by Gasteiger charge is 2.41. The van der Waals surface area contributed by atoms with Gasteiger partial charge in [-0.3, -0.25) is 4.79 Å². The first kappa shape index (κ1) is 13.5. The van der Waals surface area contributed by atoms with E-state index in [9.17, 15) is 4.79 Å². The molecule has 94 valence electrons. The van der Waals surface area contributed by atoms with Crippen molar-refractivity contribution in [2.24, 2.45) is 5.41 Å². The highest BCUT2D eigenvalue weighted by Crippen LogP contribution is 2.32. The number of nitrogens with one attached hydrogen (secondary N) is 1. The molecule has 1 rings (SSSR count). The molecule has 1 heterocycles. The number of carbonyl (C=O) groups is 1. The standard InChI is InChI=1S/C12H24N2O2/c1-4-5-12(6-7-13-10-12)11(15)14(2)8-9-16-3/h13H,4-10H2,1-3H3. The summed E-state index contributed by atoms with van der Waals surface area (Å²) in [5.41, 5.74) is -0.156. The molecule has 0 aromatic carbocycles. The van der Waals surface area contributed by atoms with Crippen molar-refractivity contribution < 1.29 is 9.53 Å². The van der Waals surface area contributed by atoms with Crippen LogP contribution in [0.5, 0.6) is 0 Å². The van der Waals surface area contributed by atoms with Gasteiger partial charge in [-0.2, -0.15) is 0 Å². The van der Waals surface area contributed by atoms with Crippen LogP contribution >= 0.6 is 0 Å². The molecular formula is C12H24N2O2. The Morgan fingerprint density at radius 3 is 2.81 bits per heavy atom. The van der Waals surface area contributed by atoms with E-state index in [1.165, 1.54) is 0 Å². The van der Waals surface area contributed by atoms with Crippen molar-refractivity contribution in [3.63, 3.8) is 0 Å². The zero-order valence-electron chi connectivity index (χ0n) is 10.7. The average Bonchev–Trinajstić information content (AvgIpc) is 2.75. The lowest BCUT2D eigenvalue weighted by Crippen LogP contribution is -2.44. The van der Waals surface area contributed by atoms with Crippen molar-refractivity contribution in [1.29, 1.82) is 0 Å². The topological polar surface area (TPSA) is 41.6 Å². The maximum atomic E-state index is 12.4. The predicted molar refractivity (Wildman–Crippen MR) is 64.3 cm³/mol. The monoisotopic (exact) mass is 228 g/mol. The second-order valence-corrected chi connectivity index (χ2v) is 4.68. The van der Waals surface area contributed by atoms with Gasteiger partial charge in [-0.05, 0) is 19.4 Å². The van der Waals surface area contributed by atoms with Crippen LogP contribution in [0.2, 0.25) is 0 Å². The van der Waals surface area contributed by atoms with Gasteiger partial charge in [-0.15, -0.1) is 0 Å². The molecule has 1 N–H and O–H groups in total. The van der Waals surface area contributed by atoms with Crippen molar-refractivity contribution in [2.45, 2.75) is 26.2 Å². The SMILES string of the molecule is CCCC1(C(=O)N(C)CCOC)CCNC1. The molecule has 1 aliphatic rings. The Bertz CT molecular complexity index is 225. The molecule has 1 amide bonds. The molecular weight excluding hydrogens is 204 g/mol. The van der Waals surface area contributed by atoms with Gasteiger partial charge in [-0.1, -0.05) is 13.3 Å². The minimum absolute atomic E-state index is 0.156. The van der Waals surface area contributed by atoms with Gasteiger partial charge in [0.1, 0.15) is 0 Å². The number of methoxy groups -OCH3 is 1. The molecule has 0 aromatic rings. The van der Waals surface area contributed by atoms with Crippen LogP contribution in [0.4, 0.5) is 0 Å². The maximum Gasteiger partial charge on any atom is 0.229 e.